The number of nitrogens with zero attached hydrogens (tertiary/aromatic N) is 1. The molecule has 0 radical (unpaired) electrons. The van der Waals surface area contributed by atoms with Crippen molar-refractivity contribution in [1.29, 1.82) is 0 Å². The van der Waals surface area contributed by atoms with Gasteiger partial charge in [0.25, 0.3) is 0 Å². The molecule has 1 amide bonds. The summed E-state index contributed by atoms with van der Waals surface area (Å²) in [5.41, 5.74) is 4.62. The highest BCUT2D eigenvalue weighted by Crippen LogP contribution is 2.18. The molecular formula is C20H20FN3O. The van der Waals surface area contributed by atoms with E-state index in [1.807, 2.05) is 37.4 Å². The average Bonchev–Trinajstić information content (AvgIpc) is 2.81. The van der Waals surface area contributed by atoms with Gasteiger partial charge in [-0.05, 0) is 47.4 Å². The van der Waals surface area contributed by atoms with E-state index in [0.29, 0.717) is 12.1 Å². The number of halogens is 1. The number of allylic oxidation sites excluding steroid dienone is 3. The van der Waals surface area contributed by atoms with Gasteiger partial charge in [0.2, 0.25) is 5.91 Å². The standard InChI is InChI=1S/C20H20FN3O/c1-2-14-6-7-17(21)11-19(14)23-13-20(25)24-18-5-3-4-16-12-22-9-8-15(16)10-18/h3-9,11-12,23H,2,10,13H2,1H3,(H,24,25). The third kappa shape index (κ3) is 4.32. The molecule has 1 aliphatic carbocycles. The van der Waals surface area contributed by atoms with Crippen molar-refractivity contribution in [3.8, 4) is 0 Å². The summed E-state index contributed by atoms with van der Waals surface area (Å²) in [5, 5.41) is 5.94. The number of aryl methyl sites for hydroxylation is 1. The van der Waals surface area contributed by atoms with Gasteiger partial charge in [-0.3, -0.25) is 9.78 Å². The van der Waals surface area contributed by atoms with Gasteiger partial charge in [-0.15, -0.1) is 0 Å². The SMILES string of the molecule is CCc1ccc(F)cc1NCC(=O)NC1=CC=Cc2cnccc2C1. The van der Waals surface area contributed by atoms with Gasteiger partial charge in [-0.2, -0.15) is 0 Å². The molecule has 0 saturated heterocycles. The fourth-order valence-corrected chi connectivity index (χ4v) is 2.78. The summed E-state index contributed by atoms with van der Waals surface area (Å²) < 4.78 is 13.4. The highest BCUT2D eigenvalue weighted by Gasteiger charge is 2.10. The predicted molar refractivity (Wildman–Crippen MR) is 97.5 cm³/mol. The van der Waals surface area contributed by atoms with Crippen molar-refractivity contribution < 1.29 is 9.18 Å². The molecule has 0 spiro atoms. The van der Waals surface area contributed by atoms with Gasteiger partial charge in [0.05, 0.1) is 6.54 Å². The van der Waals surface area contributed by atoms with Gasteiger partial charge in [0.1, 0.15) is 5.82 Å². The lowest BCUT2D eigenvalue weighted by molar-refractivity contribution is -0.118. The summed E-state index contributed by atoms with van der Waals surface area (Å²) >= 11 is 0. The zero-order valence-electron chi connectivity index (χ0n) is 14.1. The van der Waals surface area contributed by atoms with Crippen LogP contribution in [0.15, 0.2) is 54.5 Å². The van der Waals surface area contributed by atoms with E-state index in [-0.39, 0.29) is 18.3 Å². The molecule has 0 fully saturated rings. The average molecular weight is 337 g/mol. The van der Waals surface area contributed by atoms with Crippen molar-refractivity contribution in [2.75, 3.05) is 11.9 Å². The van der Waals surface area contributed by atoms with Crippen molar-refractivity contribution >= 4 is 17.7 Å². The van der Waals surface area contributed by atoms with E-state index in [1.54, 1.807) is 12.3 Å². The molecule has 3 rings (SSSR count). The number of pyridine rings is 1. The van der Waals surface area contributed by atoms with Gasteiger partial charge in [-0.1, -0.05) is 25.1 Å². The number of carbonyl (C=O) groups is 1. The van der Waals surface area contributed by atoms with Gasteiger partial charge >= 0.3 is 0 Å². The number of amides is 1. The van der Waals surface area contributed by atoms with Crippen molar-refractivity contribution in [1.82, 2.24) is 10.3 Å². The Balaban J connectivity index is 1.61. The molecule has 0 bridgehead atoms. The molecule has 1 aliphatic rings. The van der Waals surface area contributed by atoms with Gasteiger partial charge in [0.15, 0.2) is 0 Å². The summed E-state index contributed by atoms with van der Waals surface area (Å²) in [4.78, 5) is 16.4. The highest BCUT2D eigenvalue weighted by atomic mass is 19.1. The van der Waals surface area contributed by atoms with E-state index >= 15 is 0 Å². The first-order chi connectivity index (χ1) is 12.2. The summed E-state index contributed by atoms with van der Waals surface area (Å²) in [6, 6.07) is 6.53. The Morgan fingerprint density at radius 2 is 2.20 bits per heavy atom. The highest BCUT2D eigenvalue weighted by molar-refractivity contribution is 5.82. The Hall–Kier alpha value is -2.95. The first-order valence-corrected chi connectivity index (χ1v) is 8.28. The molecule has 0 unspecified atom stereocenters. The number of benzene rings is 1. The van der Waals surface area contributed by atoms with Gasteiger partial charge in [-0.25, -0.2) is 4.39 Å². The molecule has 1 aromatic carbocycles. The van der Waals surface area contributed by atoms with Gasteiger partial charge in [0, 0.05) is 30.2 Å². The number of hydrogen-bond donors (Lipinski definition) is 2. The lowest BCUT2D eigenvalue weighted by Crippen LogP contribution is -2.30. The summed E-state index contributed by atoms with van der Waals surface area (Å²) in [6.07, 6.45) is 10.7. The predicted octanol–water partition coefficient (Wildman–Crippen LogP) is 3.46. The number of carbonyl (C=O) groups excluding carboxylic acids is 1. The molecule has 1 heterocycles. The number of anilines is 1. The Bertz CT molecular complexity index is 843. The van der Waals surface area contributed by atoms with Crippen LogP contribution in [0.2, 0.25) is 0 Å². The number of aromatic nitrogens is 1. The molecule has 2 aromatic rings. The smallest absolute Gasteiger partial charge is 0.243 e. The van der Waals surface area contributed by atoms with Gasteiger partial charge < -0.3 is 10.6 Å². The van der Waals surface area contributed by atoms with E-state index < -0.39 is 0 Å². The Morgan fingerprint density at radius 1 is 1.32 bits per heavy atom. The molecule has 1 aromatic heterocycles. The molecule has 0 aliphatic heterocycles. The van der Waals surface area contributed by atoms with Crippen LogP contribution in [0.5, 0.6) is 0 Å². The lowest BCUT2D eigenvalue weighted by Gasteiger charge is -2.13. The Labute approximate surface area is 146 Å². The fourth-order valence-electron chi connectivity index (χ4n) is 2.78. The fraction of sp³-hybridized carbons (Fsp3) is 0.200. The Kier molecular flexibility index (Phi) is 5.23. The van der Waals surface area contributed by atoms with Crippen LogP contribution in [-0.2, 0) is 17.6 Å². The van der Waals surface area contributed by atoms with E-state index in [0.717, 1.165) is 28.8 Å². The van der Waals surface area contributed by atoms with Crippen molar-refractivity contribution in [3.63, 3.8) is 0 Å². The normalized spacial score (nSPS) is 12.8. The molecule has 4 nitrogen and oxygen atoms in total. The zero-order valence-corrected chi connectivity index (χ0v) is 14.1. The van der Waals surface area contributed by atoms with Crippen LogP contribution in [0.1, 0.15) is 23.6 Å². The van der Waals surface area contributed by atoms with Crippen molar-refractivity contribution in [2.45, 2.75) is 19.8 Å². The largest absolute Gasteiger partial charge is 0.376 e. The third-order valence-corrected chi connectivity index (χ3v) is 4.09. The van der Waals surface area contributed by atoms with E-state index in [2.05, 4.69) is 15.6 Å². The Morgan fingerprint density at radius 3 is 3.04 bits per heavy atom. The lowest BCUT2D eigenvalue weighted by atomic mass is 10.1. The van der Waals surface area contributed by atoms with Crippen LogP contribution in [0.25, 0.3) is 6.08 Å². The number of rotatable bonds is 5. The molecule has 0 atom stereocenters. The zero-order chi connectivity index (χ0) is 17.6. The number of fused-ring (bicyclic) bond motifs is 1. The molecule has 128 valence electrons. The van der Waals surface area contributed by atoms with Crippen LogP contribution < -0.4 is 10.6 Å². The van der Waals surface area contributed by atoms with E-state index in [9.17, 15) is 9.18 Å². The molecule has 25 heavy (non-hydrogen) atoms. The monoisotopic (exact) mass is 337 g/mol. The summed E-state index contributed by atoms with van der Waals surface area (Å²) in [5.74, 6) is -0.481. The molecule has 0 saturated carbocycles. The second-order valence-electron chi connectivity index (χ2n) is 5.86. The number of hydrogen-bond acceptors (Lipinski definition) is 3. The van der Waals surface area contributed by atoms with Crippen LogP contribution in [0.3, 0.4) is 0 Å². The first-order valence-electron chi connectivity index (χ1n) is 8.28. The second kappa shape index (κ2) is 7.75. The minimum Gasteiger partial charge on any atom is -0.376 e. The quantitative estimate of drug-likeness (QED) is 0.878. The molecular weight excluding hydrogens is 317 g/mol. The number of nitrogens with one attached hydrogen (secondary N) is 2. The second-order valence-corrected chi connectivity index (χ2v) is 5.86. The maximum absolute atomic E-state index is 13.4. The van der Waals surface area contributed by atoms with Crippen LogP contribution >= 0.6 is 0 Å². The third-order valence-electron chi connectivity index (χ3n) is 4.09. The van der Waals surface area contributed by atoms with Crippen molar-refractivity contribution in [3.05, 3.63) is 77.0 Å². The molecule has 2 N–H and O–H groups in total. The van der Waals surface area contributed by atoms with Crippen LogP contribution in [-0.4, -0.2) is 17.4 Å². The summed E-state index contributed by atoms with van der Waals surface area (Å²) in [7, 11) is 0. The van der Waals surface area contributed by atoms with Crippen LogP contribution in [0.4, 0.5) is 10.1 Å². The maximum Gasteiger partial charge on any atom is 0.243 e. The van der Waals surface area contributed by atoms with E-state index in [1.165, 1.54) is 12.1 Å². The van der Waals surface area contributed by atoms with Crippen molar-refractivity contribution in [2.24, 2.45) is 0 Å². The summed E-state index contributed by atoms with van der Waals surface area (Å²) in [6.45, 7) is 2.08. The topological polar surface area (TPSA) is 54.0 Å². The van der Waals surface area contributed by atoms with Crippen LogP contribution in [0, 0.1) is 5.82 Å². The van der Waals surface area contributed by atoms with E-state index in [4.69, 9.17) is 0 Å². The molecule has 5 heteroatoms. The minimum atomic E-state index is -0.318. The first kappa shape index (κ1) is 16.9. The maximum atomic E-state index is 13.4. The minimum absolute atomic E-state index is 0.0840.